The number of hydrogen-bond acceptors (Lipinski definition) is 4. The normalized spacial score (nSPS) is 12.2. The van der Waals surface area contributed by atoms with Gasteiger partial charge in [-0.15, -0.1) is 0 Å². The summed E-state index contributed by atoms with van der Waals surface area (Å²) in [6.45, 7) is 3.73. The van der Waals surface area contributed by atoms with Gasteiger partial charge in [0.15, 0.2) is 0 Å². The summed E-state index contributed by atoms with van der Waals surface area (Å²) in [4.78, 5) is 12.2. The molecule has 0 bridgehead atoms. The van der Waals surface area contributed by atoms with Crippen LogP contribution in [0.2, 0.25) is 0 Å². The average Bonchev–Trinajstić information content (AvgIpc) is 2.35. The van der Waals surface area contributed by atoms with Crippen LogP contribution in [-0.4, -0.2) is 38.9 Å². The van der Waals surface area contributed by atoms with E-state index < -0.39 is 15.9 Å². The average molecular weight is 308 g/mol. The van der Waals surface area contributed by atoms with E-state index in [0.717, 1.165) is 11.8 Å². The fourth-order valence-electron chi connectivity index (χ4n) is 1.89. The predicted molar refractivity (Wildman–Crippen MR) is 83.8 cm³/mol. The predicted octanol–water partition coefficient (Wildman–Crippen LogP) is 0.468. The summed E-state index contributed by atoms with van der Waals surface area (Å²) in [5.41, 5.74) is 7.31. The molecular formula is C15H20N2O3S. The number of nitrogens with two attached hydrogens (primary N) is 1. The van der Waals surface area contributed by atoms with Crippen LogP contribution in [0.3, 0.4) is 0 Å². The molecule has 5 nitrogen and oxygen atoms in total. The van der Waals surface area contributed by atoms with Gasteiger partial charge in [0.1, 0.15) is 9.84 Å². The monoisotopic (exact) mass is 308 g/mol. The van der Waals surface area contributed by atoms with Gasteiger partial charge in [-0.05, 0) is 31.5 Å². The van der Waals surface area contributed by atoms with Crippen LogP contribution in [0, 0.1) is 18.8 Å². The molecule has 6 heteroatoms. The van der Waals surface area contributed by atoms with Crippen LogP contribution < -0.4 is 11.1 Å². The van der Waals surface area contributed by atoms with Crippen molar-refractivity contribution in [2.75, 3.05) is 18.6 Å². The van der Waals surface area contributed by atoms with E-state index in [2.05, 4.69) is 17.2 Å². The highest BCUT2D eigenvalue weighted by atomic mass is 32.2. The lowest BCUT2D eigenvalue weighted by molar-refractivity contribution is 0.0943. The minimum Gasteiger partial charge on any atom is -0.349 e. The molecule has 1 rings (SSSR count). The third-order valence-electron chi connectivity index (χ3n) is 2.75. The van der Waals surface area contributed by atoms with Crippen molar-refractivity contribution in [2.24, 2.45) is 5.73 Å². The second kappa shape index (κ2) is 7.25. The lowest BCUT2D eigenvalue weighted by Crippen LogP contribution is -2.37. The molecule has 21 heavy (non-hydrogen) atoms. The van der Waals surface area contributed by atoms with Crippen LogP contribution in [0.4, 0.5) is 0 Å². The number of sulfone groups is 1. The molecule has 0 aliphatic rings. The first-order chi connectivity index (χ1) is 9.73. The Morgan fingerprint density at radius 3 is 2.67 bits per heavy atom. The highest BCUT2D eigenvalue weighted by Gasteiger charge is 2.15. The molecule has 0 saturated heterocycles. The summed E-state index contributed by atoms with van der Waals surface area (Å²) in [5.74, 6) is 5.20. The maximum absolute atomic E-state index is 12.2. The van der Waals surface area contributed by atoms with Gasteiger partial charge in [0.2, 0.25) is 0 Å². The van der Waals surface area contributed by atoms with Gasteiger partial charge in [0, 0.05) is 23.4 Å². The van der Waals surface area contributed by atoms with E-state index in [-0.39, 0.29) is 18.2 Å². The summed E-state index contributed by atoms with van der Waals surface area (Å²) in [6.07, 6.45) is 1.14. The number of aryl methyl sites for hydroxylation is 1. The standard InChI is InChI=1S/C15H20N2O3S/c1-11-6-7-13(5-4-8-16)9-14(11)15(18)17-12(2)10-21(3,19)20/h6-7,9,12H,8,10,16H2,1-3H3,(H,17,18). The summed E-state index contributed by atoms with van der Waals surface area (Å²) >= 11 is 0. The van der Waals surface area contributed by atoms with E-state index in [1.807, 2.05) is 13.0 Å². The topological polar surface area (TPSA) is 89.3 Å². The Balaban J connectivity index is 2.91. The Hall–Kier alpha value is -1.84. The van der Waals surface area contributed by atoms with Crippen molar-refractivity contribution in [1.29, 1.82) is 0 Å². The number of carbonyl (C=O) groups is 1. The first-order valence-electron chi connectivity index (χ1n) is 6.51. The van der Waals surface area contributed by atoms with Gasteiger partial charge in [-0.3, -0.25) is 4.79 Å². The Morgan fingerprint density at radius 2 is 2.10 bits per heavy atom. The molecule has 0 aliphatic carbocycles. The first kappa shape index (κ1) is 17.2. The third-order valence-corrected chi connectivity index (χ3v) is 3.85. The van der Waals surface area contributed by atoms with E-state index in [4.69, 9.17) is 5.73 Å². The van der Waals surface area contributed by atoms with Gasteiger partial charge in [-0.2, -0.15) is 0 Å². The summed E-state index contributed by atoms with van der Waals surface area (Å²) in [5, 5.41) is 2.69. The number of hydrogen-bond donors (Lipinski definition) is 2. The van der Waals surface area contributed by atoms with Crippen molar-refractivity contribution in [1.82, 2.24) is 5.32 Å². The zero-order valence-electron chi connectivity index (χ0n) is 12.4. The molecule has 0 heterocycles. The molecule has 0 aliphatic heterocycles. The van der Waals surface area contributed by atoms with Gasteiger partial charge in [-0.25, -0.2) is 8.42 Å². The van der Waals surface area contributed by atoms with Crippen molar-refractivity contribution < 1.29 is 13.2 Å². The van der Waals surface area contributed by atoms with Gasteiger partial charge < -0.3 is 11.1 Å². The van der Waals surface area contributed by atoms with Crippen LogP contribution in [0.5, 0.6) is 0 Å². The van der Waals surface area contributed by atoms with Gasteiger partial charge in [0.25, 0.3) is 5.91 Å². The van der Waals surface area contributed by atoms with Crippen molar-refractivity contribution in [3.63, 3.8) is 0 Å². The minimum atomic E-state index is -3.13. The van der Waals surface area contributed by atoms with Gasteiger partial charge in [-0.1, -0.05) is 17.9 Å². The van der Waals surface area contributed by atoms with Crippen LogP contribution in [-0.2, 0) is 9.84 Å². The van der Waals surface area contributed by atoms with Crippen LogP contribution in [0.15, 0.2) is 18.2 Å². The number of rotatable bonds is 4. The molecule has 0 spiro atoms. The van der Waals surface area contributed by atoms with Crippen molar-refractivity contribution in [2.45, 2.75) is 19.9 Å². The molecule has 3 N–H and O–H groups in total. The smallest absolute Gasteiger partial charge is 0.251 e. The molecule has 0 saturated carbocycles. The van der Waals surface area contributed by atoms with E-state index in [1.165, 1.54) is 0 Å². The zero-order valence-corrected chi connectivity index (χ0v) is 13.3. The Labute approximate surface area is 125 Å². The fourth-order valence-corrected chi connectivity index (χ4v) is 2.89. The Bertz CT molecular complexity index is 685. The van der Waals surface area contributed by atoms with Crippen LogP contribution in [0.1, 0.15) is 28.4 Å². The maximum atomic E-state index is 12.2. The zero-order chi connectivity index (χ0) is 16.0. The van der Waals surface area contributed by atoms with Crippen molar-refractivity contribution in [3.8, 4) is 11.8 Å². The van der Waals surface area contributed by atoms with Crippen LogP contribution in [0.25, 0.3) is 0 Å². The minimum absolute atomic E-state index is 0.0928. The molecular weight excluding hydrogens is 288 g/mol. The Kier molecular flexibility index (Phi) is 5.94. The maximum Gasteiger partial charge on any atom is 0.251 e. The van der Waals surface area contributed by atoms with Gasteiger partial charge in [0.05, 0.1) is 12.3 Å². The highest BCUT2D eigenvalue weighted by molar-refractivity contribution is 7.90. The van der Waals surface area contributed by atoms with E-state index in [1.54, 1.807) is 19.1 Å². The quantitative estimate of drug-likeness (QED) is 0.791. The second-order valence-electron chi connectivity index (χ2n) is 5.00. The molecule has 1 aromatic carbocycles. The SMILES string of the molecule is Cc1ccc(C#CCN)cc1C(=O)NC(C)CS(C)(=O)=O. The van der Waals surface area contributed by atoms with Crippen molar-refractivity contribution in [3.05, 3.63) is 34.9 Å². The van der Waals surface area contributed by atoms with Crippen molar-refractivity contribution >= 4 is 15.7 Å². The van der Waals surface area contributed by atoms with E-state index in [9.17, 15) is 13.2 Å². The third kappa shape index (κ3) is 5.98. The first-order valence-corrected chi connectivity index (χ1v) is 8.57. The molecule has 0 fully saturated rings. The molecule has 114 valence electrons. The number of amides is 1. The lowest BCUT2D eigenvalue weighted by atomic mass is 10.0. The Morgan fingerprint density at radius 1 is 1.43 bits per heavy atom. The van der Waals surface area contributed by atoms with Gasteiger partial charge >= 0.3 is 0 Å². The summed E-state index contributed by atoms with van der Waals surface area (Å²) in [6, 6.07) is 4.84. The highest BCUT2D eigenvalue weighted by Crippen LogP contribution is 2.11. The number of benzene rings is 1. The second-order valence-corrected chi connectivity index (χ2v) is 7.19. The fraction of sp³-hybridized carbons (Fsp3) is 0.400. The lowest BCUT2D eigenvalue weighted by Gasteiger charge is -2.14. The number of nitrogens with one attached hydrogen (secondary N) is 1. The van der Waals surface area contributed by atoms with E-state index >= 15 is 0 Å². The van der Waals surface area contributed by atoms with E-state index in [0.29, 0.717) is 11.1 Å². The van der Waals surface area contributed by atoms with Crippen LogP contribution >= 0.6 is 0 Å². The summed E-state index contributed by atoms with van der Waals surface area (Å²) < 4.78 is 22.4. The molecule has 1 atom stereocenters. The summed E-state index contributed by atoms with van der Waals surface area (Å²) in [7, 11) is -3.13. The molecule has 1 amide bonds. The molecule has 0 aromatic heterocycles. The number of carbonyl (C=O) groups excluding carboxylic acids is 1. The largest absolute Gasteiger partial charge is 0.349 e. The molecule has 1 aromatic rings. The molecule has 1 unspecified atom stereocenters. The molecule has 0 radical (unpaired) electrons.